The molecule has 0 N–H and O–H groups in total. The van der Waals surface area contributed by atoms with Gasteiger partial charge in [-0.2, -0.15) is 0 Å². The first-order chi connectivity index (χ1) is 12.7. The Morgan fingerprint density at radius 3 is 1.46 bits per heavy atom. The Hall–Kier alpha value is -1.60. The third kappa shape index (κ3) is 2.55. The van der Waals surface area contributed by atoms with E-state index in [2.05, 4.69) is 79.0 Å². The molecule has 0 saturated carbocycles. The zero-order valence-corrected chi connectivity index (χ0v) is 18.0. The van der Waals surface area contributed by atoms with Crippen LogP contribution in [0.2, 0.25) is 0 Å². The summed E-state index contributed by atoms with van der Waals surface area (Å²) in [4.78, 5) is 12.4. The second-order valence-electron chi connectivity index (χ2n) is 5.75. The summed E-state index contributed by atoms with van der Waals surface area (Å²) in [6, 6.07) is 16.6. The van der Waals surface area contributed by atoms with Crippen molar-refractivity contribution in [2.24, 2.45) is 0 Å². The minimum absolute atomic E-state index is 0.874. The van der Waals surface area contributed by atoms with Crippen LogP contribution >= 0.6 is 54.5 Å². The van der Waals surface area contributed by atoms with E-state index >= 15 is 0 Å². The summed E-state index contributed by atoms with van der Waals surface area (Å²) < 4.78 is 1.96. The molecule has 3 aromatic heterocycles. The molecule has 2 aromatic carbocycles. The normalized spacial score (nSPS) is 11.5. The molecular weight excluding hydrogens is 492 g/mol. The van der Waals surface area contributed by atoms with Gasteiger partial charge in [-0.25, -0.2) is 9.97 Å². The molecule has 0 radical (unpaired) electrons. The molecule has 0 aliphatic rings. The first-order valence-corrected chi connectivity index (χ1v) is 11.2. The minimum Gasteiger partial charge on any atom is -0.242 e. The third-order valence-corrected chi connectivity index (χ3v) is 7.58. The number of aromatic nitrogens is 2. The number of nitrogens with zero attached hydrogens (tertiary/aromatic N) is 2. The van der Waals surface area contributed by atoms with Gasteiger partial charge in [0.1, 0.15) is 22.4 Å². The van der Waals surface area contributed by atoms with Gasteiger partial charge in [-0.3, -0.25) is 0 Å². The fourth-order valence-corrected chi connectivity index (χ4v) is 5.71. The quantitative estimate of drug-likeness (QED) is 0.231. The molecule has 5 aromatic rings. The maximum atomic E-state index is 5.06. The first-order valence-electron chi connectivity index (χ1n) is 7.89. The van der Waals surface area contributed by atoms with E-state index in [1.165, 1.54) is 0 Å². The second-order valence-corrected chi connectivity index (χ2v) is 9.23. The molecule has 0 bridgehead atoms. The summed E-state index contributed by atoms with van der Waals surface area (Å²) >= 11 is 10.9. The summed E-state index contributed by atoms with van der Waals surface area (Å²) in [6.07, 6.45) is 0. The van der Waals surface area contributed by atoms with Gasteiger partial charge < -0.3 is 0 Å². The Labute approximate surface area is 174 Å². The van der Waals surface area contributed by atoms with Crippen molar-refractivity contribution in [3.63, 3.8) is 0 Å². The highest BCUT2D eigenvalue weighted by Crippen LogP contribution is 2.42. The van der Waals surface area contributed by atoms with Crippen molar-refractivity contribution in [3.05, 3.63) is 68.2 Å². The monoisotopic (exact) mass is 500 g/mol. The maximum absolute atomic E-state index is 5.06. The van der Waals surface area contributed by atoms with Gasteiger partial charge >= 0.3 is 0 Å². The van der Waals surface area contributed by atoms with Crippen LogP contribution in [0.25, 0.3) is 42.9 Å². The minimum atomic E-state index is 0.874. The van der Waals surface area contributed by atoms with Crippen molar-refractivity contribution in [3.8, 4) is 21.1 Å². The lowest BCUT2D eigenvalue weighted by atomic mass is 10.1. The van der Waals surface area contributed by atoms with Gasteiger partial charge in [-0.15, -0.1) is 22.7 Å². The Morgan fingerprint density at radius 2 is 1.08 bits per heavy atom. The van der Waals surface area contributed by atoms with Gasteiger partial charge in [0.25, 0.3) is 0 Å². The van der Waals surface area contributed by atoms with E-state index in [9.17, 15) is 0 Å². The zero-order chi connectivity index (χ0) is 17.7. The predicted octanol–water partition coefficient (Wildman–Crippen LogP) is 7.77. The summed E-state index contributed by atoms with van der Waals surface area (Å²) in [5, 5.41) is 6.40. The number of rotatable bonds is 2. The van der Waals surface area contributed by atoms with Gasteiger partial charge in [0.2, 0.25) is 0 Å². The van der Waals surface area contributed by atoms with Gasteiger partial charge in [0.15, 0.2) is 0 Å². The van der Waals surface area contributed by atoms with Crippen molar-refractivity contribution >= 4 is 76.3 Å². The smallest absolute Gasteiger partial charge is 0.108 e. The molecule has 26 heavy (non-hydrogen) atoms. The van der Waals surface area contributed by atoms with E-state index in [4.69, 9.17) is 9.97 Å². The molecule has 2 nitrogen and oxygen atoms in total. The van der Waals surface area contributed by atoms with Crippen LogP contribution < -0.4 is 0 Å². The van der Waals surface area contributed by atoms with Crippen molar-refractivity contribution in [2.45, 2.75) is 0 Å². The van der Waals surface area contributed by atoms with Crippen LogP contribution in [0.4, 0.5) is 0 Å². The lowest BCUT2D eigenvalue weighted by Crippen LogP contribution is -1.96. The molecule has 0 spiro atoms. The van der Waals surface area contributed by atoms with E-state index in [1.54, 1.807) is 22.7 Å². The molecule has 0 saturated heterocycles. The van der Waals surface area contributed by atoms with Gasteiger partial charge in [-0.05, 0) is 65.5 Å². The van der Waals surface area contributed by atoms with Crippen molar-refractivity contribution in [1.29, 1.82) is 0 Å². The molecule has 3 heterocycles. The zero-order valence-electron chi connectivity index (χ0n) is 13.2. The molecule has 0 aliphatic heterocycles. The van der Waals surface area contributed by atoms with E-state index < -0.39 is 0 Å². The average molecular weight is 502 g/mol. The average Bonchev–Trinajstić information content (AvgIpc) is 3.39. The molecule has 0 amide bonds. The summed E-state index contributed by atoms with van der Waals surface area (Å²) in [5.74, 6) is 0. The van der Waals surface area contributed by atoms with Crippen LogP contribution in [0, 0.1) is 0 Å². The molecule has 0 unspecified atom stereocenters. The molecule has 0 fully saturated rings. The molecule has 6 heteroatoms. The first kappa shape index (κ1) is 16.6. The van der Waals surface area contributed by atoms with Crippen molar-refractivity contribution < 1.29 is 0 Å². The number of hydrogen-bond acceptors (Lipinski definition) is 4. The fraction of sp³-hybridized carbons (Fsp3) is 0. The van der Waals surface area contributed by atoms with E-state index in [0.29, 0.717) is 0 Å². The van der Waals surface area contributed by atoms with E-state index in [0.717, 1.165) is 51.9 Å². The summed E-state index contributed by atoms with van der Waals surface area (Å²) in [5.41, 5.74) is 3.61. The Morgan fingerprint density at radius 1 is 0.615 bits per heavy atom. The number of thiophene rings is 2. The topological polar surface area (TPSA) is 25.8 Å². The fourth-order valence-electron chi connectivity index (χ4n) is 3.03. The van der Waals surface area contributed by atoms with Crippen LogP contribution in [0.5, 0.6) is 0 Å². The lowest BCUT2D eigenvalue weighted by molar-refractivity contribution is 1.31. The molecular formula is C20H10Br2N2S2. The third-order valence-electron chi connectivity index (χ3n) is 4.22. The van der Waals surface area contributed by atoms with E-state index in [1.807, 2.05) is 12.1 Å². The van der Waals surface area contributed by atoms with Crippen LogP contribution in [0.3, 0.4) is 0 Å². The Kier molecular flexibility index (Phi) is 4.16. The summed E-state index contributed by atoms with van der Waals surface area (Å²) in [6.45, 7) is 0. The molecule has 5 rings (SSSR count). The van der Waals surface area contributed by atoms with E-state index in [-0.39, 0.29) is 0 Å². The Bertz CT molecular complexity index is 1150. The maximum Gasteiger partial charge on any atom is 0.108 e. The lowest BCUT2D eigenvalue weighted by Gasteiger charge is -2.12. The molecule has 126 valence electrons. The number of halogens is 2. The largest absolute Gasteiger partial charge is 0.242 e. The SMILES string of the molecule is Brc1c2ccccc2c(Br)c2nc(-c3cccs3)c(-c3cccs3)nc12. The highest BCUT2D eigenvalue weighted by Gasteiger charge is 2.19. The highest BCUT2D eigenvalue weighted by molar-refractivity contribution is 9.11. The van der Waals surface area contributed by atoms with Crippen molar-refractivity contribution in [1.82, 2.24) is 9.97 Å². The highest BCUT2D eigenvalue weighted by atomic mass is 79.9. The standard InChI is InChI=1S/C20H10Br2N2S2/c21-15-11-5-1-2-6-12(11)16(22)20-19(15)23-17(13-7-3-9-25-13)18(24-20)14-8-4-10-26-14/h1-10H. The number of hydrogen-bond donors (Lipinski definition) is 0. The van der Waals surface area contributed by atoms with Gasteiger partial charge in [0, 0.05) is 0 Å². The predicted molar refractivity (Wildman–Crippen MR) is 119 cm³/mol. The van der Waals surface area contributed by atoms with Crippen molar-refractivity contribution in [2.75, 3.05) is 0 Å². The molecule has 0 aliphatic carbocycles. The number of benzene rings is 2. The van der Waals surface area contributed by atoms with Crippen LogP contribution in [0.15, 0.2) is 68.2 Å². The second kappa shape index (κ2) is 6.53. The number of fused-ring (bicyclic) bond motifs is 2. The van der Waals surface area contributed by atoms with Crippen LogP contribution in [-0.2, 0) is 0 Å². The molecule has 0 atom stereocenters. The summed E-state index contributed by atoms with van der Waals surface area (Å²) in [7, 11) is 0. The van der Waals surface area contributed by atoms with Gasteiger partial charge in [-0.1, -0.05) is 36.4 Å². The Balaban J connectivity index is 1.96. The van der Waals surface area contributed by atoms with Crippen LogP contribution in [-0.4, -0.2) is 9.97 Å². The van der Waals surface area contributed by atoms with Crippen LogP contribution in [0.1, 0.15) is 0 Å². The van der Waals surface area contributed by atoms with Gasteiger partial charge in [0.05, 0.1) is 18.7 Å².